The molecule has 1 saturated heterocycles. The van der Waals surface area contributed by atoms with Gasteiger partial charge in [-0.05, 0) is 68.4 Å². The number of benzene rings is 1. The Bertz CT molecular complexity index is 425. The third-order valence-corrected chi connectivity index (χ3v) is 4.99. The molecule has 1 unspecified atom stereocenters. The SMILES string of the molecule is CCN1CCC(CNC2CC(c3ccc(F)cc3)C2)C1. The summed E-state index contributed by atoms with van der Waals surface area (Å²) in [5, 5.41) is 3.72. The summed E-state index contributed by atoms with van der Waals surface area (Å²) in [7, 11) is 0. The fourth-order valence-electron chi connectivity index (χ4n) is 3.49. The first-order valence-electron chi connectivity index (χ1n) is 7.95. The molecule has 1 heterocycles. The Balaban J connectivity index is 1.37. The summed E-state index contributed by atoms with van der Waals surface area (Å²) in [6.07, 6.45) is 3.75. The highest BCUT2D eigenvalue weighted by Crippen LogP contribution is 2.37. The molecule has 2 nitrogen and oxygen atoms in total. The van der Waals surface area contributed by atoms with Gasteiger partial charge in [-0.25, -0.2) is 4.39 Å². The minimum Gasteiger partial charge on any atom is -0.314 e. The highest BCUT2D eigenvalue weighted by atomic mass is 19.1. The van der Waals surface area contributed by atoms with Gasteiger partial charge in [0.2, 0.25) is 0 Å². The monoisotopic (exact) mass is 276 g/mol. The van der Waals surface area contributed by atoms with Crippen LogP contribution in [0.4, 0.5) is 4.39 Å². The molecule has 1 aliphatic heterocycles. The molecular formula is C17H25FN2. The van der Waals surface area contributed by atoms with Crippen LogP contribution in [0.15, 0.2) is 24.3 Å². The van der Waals surface area contributed by atoms with Crippen molar-refractivity contribution in [3.8, 4) is 0 Å². The predicted molar refractivity (Wildman–Crippen MR) is 80.4 cm³/mol. The fraction of sp³-hybridized carbons (Fsp3) is 0.647. The maximum Gasteiger partial charge on any atom is 0.123 e. The summed E-state index contributed by atoms with van der Waals surface area (Å²) in [6.45, 7) is 7.13. The standard InChI is InChI=1S/C17H25FN2/c1-2-20-8-7-13(12-20)11-19-17-9-15(10-17)14-3-5-16(18)6-4-14/h3-6,13,15,17,19H,2,7-12H2,1H3. The normalized spacial score (nSPS) is 30.4. The zero-order chi connectivity index (χ0) is 13.9. The van der Waals surface area contributed by atoms with E-state index in [9.17, 15) is 4.39 Å². The average Bonchev–Trinajstić information content (AvgIpc) is 2.87. The number of halogens is 1. The molecule has 2 fully saturated rings. The molecule has 0 radical (unpaired) electrons. The molecule has 0 amide bonds. The van der Waals surface area contributed by atoms with Gasteiger partial charge in [0.25, 0.3) is 0 Å². The maximum atomic E-state index is 12.9. The number of hydrogen-bond donors (Lipinski definition) is 1. The number of hydrogen-bond acceptors (Lipinski definition) is 2. The van der Waals surface area contributed by atoms with E-state index in [1.807, 2.05) is 12.1 Å². The van der Waals surface area contributed by atoms with Crippen LogP contribution in [0.1, 0.15) is 37.7 Å². The van der Waals surface area contributed by atoms with Crippen LogP contribution < -0.4 is 5.32 Å². The Morgan fingerprint density at radius 1 is 1.25 bits per heavy atom. The van der Waals surface area contributed by atoms with Gasteiger partial charge in [-0.3, -0.25) is 0 Å². The number of nitrogens with zero attached hydrogens (tertiary/aromatic N) is 1. The van der Waals surface area contributed by atoms with E-state index in [4.69, 9.17) is 0 Å². The van der Waals surface area contributed by atoms with E-state index in [-0.39, 0.29) is 5.82 Å². The average molecular weight is 276 g/mol. The van der Waals surface area contributed by atoms with E-state index < -0.39 is 0 Å². The van der Waals surface area contributed by atoms with Crippen molar-refractivity contribution in [3.63, 3.8) is 0 Å². The smallest absolute Gasteiger partial charge is 0.123 e. The lowest BCUT2D eigenvalue weighted by Gasteiger charge is -2.37. The van der Waals surface area contributed by atoms with Crippen LogP contribution in [0.2, 0.25) is 0 Å². The summed E-state index contributed by atoms with van der Waals surface area (Å²) in [5.74, 6) is 1.33. The van der Waals surface area contributed by atoms with Gasteiger partial charge in [-0.1, -0.05) is 19.1 Å². The molecule has 1 atom stereocenters. The highest BCUT2D eigenvalue weighted by Gasteiger charge is 2.31. The quantitative estimate of drug-likeness (QED) is 0.889. The van der Waals surface area contributed by atoms with Gasteiger partial charge in [-0.15, -0.1) is 0 Å². The Morgan fingerprint density at radius 3 is 2.65 bits per heavy atom. The highest BCUT2D eigenvalue weighted by molar-refractivity contribution is 5.23. The van der Waals surface area contributed by atoms with Crippen molar-refractivity contribution in [1.29, 1.82) is 0 Å². The van der Waals surface area contributed by atoms with Gasteiger partial charge >= 0.3 is 0 Å². The van der Waals surface area contributed by atoms with Crippen LogP contribution in [0.5, 0.6) is 0 Å². The molecule has 110 valence electrons. The number of rotatable bonds is 5. The molecule has 1 aliphatic carbocycles. The summed E-state index contributed by atoms with van der Waals surface area (Å²) >= 11 is 0. The zero-order valence-electron chi connectivity index (χ0n) is 12.3. The predicted octanol–water partition coefficient (Wildman–Crippen LogP) is 3.00. The van der Waals surface area contributed by atoms with Crippen molar-refractivity contribution < 1.29 is 4.39 Å². The molecule has 1 aromatic rings. The fourth-order valence-corrected chi connectivity index (χ4v) is 3.49. The van der Waals surface area contributed by atoms with Crippen molar-refractivity contribution in [1.82, 2.24) is 10.2 Å². The molecule has 1 saturated carbocycles. The van der Waals surface area contributed by atoms with Gasteiger partial charge in [0, 0.05) is 12.6 Å². The minimum atomic E-state index is -0.135. The second-order valence-corrected chi connectivity index (χ2v) is 6.37. The van der Waals surface area contributed by atoms with E-state index in [1.165, 1.54) is 44.5 Å². The molecule has 0 bridgehead atoms. The van der Waals surface area contributed by atoms with Crippen LogP contribution in [-0.2, 0) is 0 Å². The third kappa shape index (κ3) is 3.21. The molecule has 20 heavy (non-hydrogen) atoms. The molecular weight excluding hydrogens is 251 g/mol. The zero-order valence-corrected chi connectivity index (χ0v) is 12.3. The topological polar surface area (TPSA) is 15.3 Å². The van der Waals surface area contributed by atoms with Gasteiger partial charge < -0.3 is 10.2 Å². The van der Waals surface area contributed by atoms with Crippen molar-refractivity contribution >= 4 is 0 Å². The largest absolute Gasteiger partial charge is 0.314 e. The summed E-state index contributed by atoms with van der Waals surface area (Å²) in [5.41, 5.74) is 1.29. The maximum absolute atomic E-state index is 12.9. The summed E-state index contributed by atoms with van der Waals surface area (Å²) in [6, 6.07) is 7.70. The third-order valence-electron chi connectivity index (χ3n) is 4.99. The molecule has 1 N–H and O–H groups in total. The Labute approximate surface area is 121 Å². The number of nitrogens with one attached hydrogen (secondary N) is 1. The van der Waals surface area contributed by atoms with Crippen LogP contribution >= 0.6 is 0 Å². The van der Waals surface area contributed by atoms with Crippen LogP contribution in [0.3, 0.4) is 0 Å². The Morgan fingerprint density at radius 2 is 2.00 bits per heavy atom. The van der Waals surface area contributed by atoms with Gasteiger partial charge in [0.05, 0.1) is 0 Å². The first-order valence-corrected chi connectivity index (χ1v) is 7.95. The molecule has 2 aliphatic rings. The van der Waals surface area contributed by atoms with Gasteiger partial charge in [0.15, 0.2) is 0 Å². The molecule has 0 spiro atoms. The van der Waals surface area contributed by atoms with Gasteiger partial charge in [-0.2, -0.15) is 0 Å². The first kappa shape index (κ1) is 14.0. The van der Waals surface area contributed by atoms with Crippen molar-refractivity contribution in [3.05, 3.63) is 35.6 Å². The van der Waals surface area contributed by atoms with Crippen LogP contribution in [-0.4, -0.2) is 37.1 Å². The Hall–Kier alpha value is -0.930. The molecule has 3 rings (SSSR count). The lowest BCUT2D eigenvalue weighted by molar-refractivity contribution is 0.271. The van der Waals surface area contributed by atoms with Crippen LogP contribution in [0.25, 0.3) is 0 Å². The second kappa shape index (κ2) is 6.23. The van der Waals surface area contributed by atoms with E-state index in [1.54, 1.807) is 12.1 Å². The van der Waals surface area contributed by atoms with E-state index in [2.05, 4.69) is 17.1 Å². The van der Waals surface area contributed by atoms with Crippen molar-refractivity contribution in [2.75, 3.05) is 26.2 Å². The summed E-state index contributed by atoms with van der Waals surface area (Å²) in [4.78, 5) is 2.54. The summed E-state index contributed by atoms with van der Waals surface area (Å²) < 4.78 is 12.9. The molecule has 0 aromatic heterocycles. The van der Waals surface area contributed by atoms with E-state index >= 15 is 0 Å². The lowest BCUT2D eigenvalue weighted by Crippen LogP contribution is -2.42. The van der Waals surface area contributed by atoms with E-state index in [0.29, 0.717) is 12.0 Å². The molecule has 3 heteroatoms. The lowest BCUT2D eigenvalue weighted by atomic mass is 9.76. The second-order valence-electron chi connectivity index (χ2n) is 6.37. The minimum absolute atomic E-state index is 0.135. The van der Waals surface area contributed by atoms with Crippen molar-refractivity contribution in [2.24, 2.45) is 5.92 Å². The Kier molecular flexibility index (Phi) is 4.37. The van der Waals surface area contributed by atoms with Crippen LogP contribution in [0, 0.1) is 11.7 Å². The van der Waals surface area contributed by atoms with E-state index in [0.717, 1.165) is 12.5 Å². The number of likely N-dealkylation sites (tertiary alicyclic amines) is 1. The van der Waals surface area contributed by atoms with Crippen molar-refractivity contribution in [2.45, 2.75) is 38.1 Å². The first-order chi connectivity index (χ1) is 9.74. The molecule has 1 aromatic carbocycles. The van der Waals surface area contributed by atoms with Gasteiger partial charge in [0.1, 0.15) is 5.82 Å².